The van der Waals surface area contributed by atoms with E-state index in [2.05, 4.69) is 23.5 Å². The Labute approximate surface area is 257 Å². The second-order valence-electron chi connectivity index (χ2n) is 10.8. The standard InChI is InChI=1S/C37H29N3O3S/c1-27-16-14-15-25-32(27)34-35(29-19-8-3-9-20-29)38-40(30-21-10-4-11-22-30)37(34)26-33(28-17-6-2-7-18-28)43-36(37)39-44(41,42)31-23-12-5-13-24-31/h2-26,34H,1H3. The summed E-state index contributed by atoms with van der Waals surface area (Å²) < 4.78 is 38.9. The van der Waals surface area contributed by atoms with Gasteiger partial charge in [0, 0.05) is 5.56 Å². The number of hydrogen-bond donors (Lipinski definition) is 0. The predicted octanol–water partition coefficient (Wildman–Crippen LogP) is 7.60. The number of rotatable bonds is 6. The molecule has 0 radical (unpaired) electrons. The van der Waals surface area contributed by atoms with Crippen molar-refractivity contribution in [3.05, 3.63) is 174 Å². The number of ether oxygens (including phenoxy) is 1. The zero-order valence-electron chi connectivity index (χ0n) is 24.0. The summed E-state index contributed by atoms with van der Waals surface area (Å²) in [6.45, 7) is 2.06. The van der Waals surface area contributed by atoms with Crippen molar-refractivity contribution >= 4 is 33.1 Å². The lowest BCUT2D eigenvalue weighted by molar-refractivity contribution is 0.474. The average Bonchev–Trinajstić information content (AvgIpc) is 3.61. The van der Waals surface area contributed by atoms with Gasteiger partial charge in [-0.1, -0.05) is 121 Å². The third-order valence-corrected chi connectivity index (χ3v) is 9.32. The average molecular weight is 596 g/mol. The molecule has 5 aromatic carbocycles. The minimum atomic E-state index is -4.16. The summed E-state index contributed by atoms with van der Waals surface area (Å²) in [5, 5.41) is 7.17. The molecule has 0 fully saturated rings. The first-order chi connectivity index (χ1) is 21.5. The third kappa shape index (κ3) is 4.71. The van der Waals surface area contributed by atoms with Crippen LogP contribution < -0.4 is 5.01 Å². The maximum Gasteiger partial charge on any atom is 0.285 e. The van der Waals surface area contributed by atoms with E-state index in [1.165, 1.54) is 0 Å². The number of hydrazone groups is 1. The lowest BCUT2D eigenvalue weighted by atomic mass is 9.73. The summed E-state index contributed by atoms with van der Waals surface area (Å²) in [6, 6.07) is 45.8. The number of hydrogen-bond acceptors (Lipinski definition) is 5. The lowest BCUT2D eigenvalue weighted by Gasteiger charge is -2.36. The summed E-state index contributed by atoms with van der Waals surface area (Å²) in [7, 11) is -4.16. The Balaban J connectivity index is 1.57. The first kappa shape index (κ1) is 27.6. The van der Waals surface area contributed by atoms with Gasteiger partial charge in [0.25, 0.3) is 10.0 Å². The summed E-state index contributed by atoms with van der Waals surface area (Å²) in [5.41, 5.74) is 4.06. The maximum absolute atomic E-state index is 13.9. The summed E-state index contributed by atoms with van der Waals surface area (Å²) in [4.78, 5) is 0.0836. The Morgan fingerprint density at radius 3 is 1.89 bits per heavy atom. The van der Waals surface area contributed by atoms with E-state index in [4.69, 9.17) is 9.84 Å². The van der Waals surface area contributed by atoms with Crippen LogP contribution >= 0.6 is 0 Å². The first-order valence-electron chi connectivity index (χ1n) is 14.4. The van der Waals surface area contributed by atoms with Gasteiger partial charge in [-0.2, -0.15) is 13.5 Å². The van der Waals surface area contributed by atoms with Gasteiger partial charge in [0.05, 0.1) is 22.2 Å². The molecule has 6 nitrogen and oxygen atoms in total. The Hall–Kier alpha value is -5.27. The van der Waals surface area contributed by atoms with Crippen molar-refractivity contribution in [3.63, 3.8) is 0 Å². The molecule has 0 bridgehead atoms. The molecule has 0 N–H and O–H groups in total. The van der Waals surface area contributed by atoms with Crippen LogP contribution in [0.15, 0.2) is 166 Å². The van der Waals surface area contributed by atoms with E-state index in [1.807, 2.05) is 114 Å². The van der Waals surface area contributed by atoms with Gasteiger partial charge < -0.3 is 4.74 Å². The van der Waals surface area contributed by atoms with Gasteiger partial charge >= 0.3 is 0 Å². The molecule has 5 aromatic rings. The zero-order chi connectivity index (χ0) is 30.1. The molecule has 0 saturated carbocycles. The Morgan fingerprint density at radius 1 is 0.705 bits per heavy atom. The van der Waals surface area contributed by atoms with Crippen molar-refractivity contribution in [1.82, 2.24) is 0 Å². The normalized spacial score (nSPS) is 20.4. The zero-order valence-corrected chi connectivity index (χ0v) is 24.8. The van der Waals surface area contributed by atoms with Crippen LogP contribution in [0.2, 0.25) is 0 Å². The third-order valence-electron chi connectivity index (χ3n) is 8.04. The molecule has 2 aliphatic heterocycles. The van der Waals surface area contributed by atoms with Crippen LogP contribution in [-0.2, 0) is 14.8 Å². The SMILES string of the molecule is Cc1ccccc1C1C(c2ccccc2)=NN(c2ccccc2)C12C=C(c1ccccc1)OC2=NS(=O)(=O)c1ccccc1. The largest absolute Gasteiger partial charge is 0.439 e. The van der Waals surface area contributed by atoms with Crippen LogP contribution in [0.3, 0.4) is 0 Å². The molecule has 7 heteroatoms. The molecule has 44 heavy (non-hydrogen) atoms. The van der Waals surface area contributed by atoms with Crippen molar-refractivity contribution in [3.8, 4) is 0 Å². The molecule has 0 amide bonds. The highest BCUT2D eigenvalue weighted by Gasteiger charge is 2.60. The van der Waals surface area contributed by atoms with Crippen molar-refractivity contribution in [1.29, 1.82) is 0 Å². The van der Waals surface area contributed by atoms with Gasteiger partial charge in [0.1, 0.15) is 5.76 Å². The van der Waals surface area contributed by atoms with Crippen LogP contribution in [0.4, 0.5) is 5.69 Å². The smallest absolute Gasteiger partial charge is 0.285 e. The molecule has 1 spiro atoms. The summed E-state index contributed by atoms with van der Waals surface area (Å²) in [6.07, 6.45) is 1.99. The second-order valence-corrected chi connectivity index (χ2v) is 12.4. The van der Waals surface area contributed by atoms with Crippen LogP contribution in [0.25, 0.3) is 5.76 Å². The van der Waals surface area contributed by atoms with Crippen molar-refractivity contribution in [2.24, 2.45) is 9.50 Å². The molecule has 7 rings (SSSR count). The Morgan fingerprint density at radius 2 is 1.25 bits per heavy atom. The number of aryl methyl sites for hydroxylation is 1. The van der Waals surface area contributed by atoms with Gasteiger partial charge in [-0.15, -0.1) is 4.40 Å². The fraction of sp³-hybridized carbons (Fsp3) is 0.0811. The van der Waals surface area contributed by atoms with Crippen LogP contribution in [-0.4, -0.2) is 25.6 Å². The molecule has 2 unspecified atom stereocenters. The highest BCUT2D eigenvalue weighted by atomic mass is 32.2. The van der Waals surface area contributed by atoms with Gasteiger partial charge in [0.2, 0.25) is 5.90 Å². The van der Waals surface area contributed by atoms with Crippen molar-refractivity contribution in [2.45, 2.75) is 23.3 Å². The highest BCUT2D eigenvalue weighted by Crippen LogP contribution is 2.52. The van der Waals surface area contributed by atoms with Crippen LogP contribution in [0.5, 0.6) is 0 Å². The van der Waals surface area contributed by atoms with E-state index >= 15 is 0 Å². The molecule has 0 aromatic heterocycles. The monoisotopic (exact) mass is 595 g/mol. The second kappa shape index (κ2) is 11.1. The van der Waals surface area contributed by atoms with Gasteiger partial charge in [-0.3, -0.25) is 0 Å². The minimum absolute atomic E-state index is 0.0343. The lowest BCUT2D eigenvalue weighted by Crippen LogP contribution is -2.52. The molecular formula is C37H29N3O3S. The molecule has 2 atom stereocenters. The minimum Gasteiger partial charge on any atom is -0.439 e. The maximum atomic E-state index is 13.9. The number of benzene rings is 5. The predicted molar refractivity (Wildman–Crippen MR) is 175 cm³/mol. The molecule has 216 valence electrons. The van der Waals surface area contributed by atoms with E-state index in [1.54, 1.807) is 30.3 Å². The van der Waals surface area contributed by atoms with E-state index in [0.717, 1.165) is 33.7 Å². The van der Waals surface area contributed by atoms with E-state index in [-0.39, 0.29) is 10.8 Å². The van der Waals surface area contributed by atoms with E-state index in [9.17, 15) is 8.42 Å². The van der Waals surface area contributed by atoms with E-state index < -0.39 is 21.5 Å². The topological polar surface area (TPSA) is 71.3 Å². The van der Waals surface area contributed by atoms with E-state index in [0.29, 0.717) is 5.76 Å². The van der Waals surface area contributed by atoms with Gasteiger partial charge in [0.15, 0.2) is 5.54 Å². The first-order valence-corrected chi connectivity index (χ1v) is 15.8. The number of anilines is 1. The molecule has 0 saturated heterocycles. The van der Waals surface area contributed by atoms with Gasteiger partial charge in [-0.05, 0) is 54.0 Å². The van der Waals surface area contributed by atoms with Gasteiger partial charge in [-0.25, -0.2) is 5.01 Å². The molecule has 0 aliphatic carbocycles. The molecule has 2 aliphatic rings. The fourth-order valence-electron chi connectivity index (χ4n) is 5.97. The molecule has 2 heterocycles. The number of nitrogens with zero attached hydrogens (tertiary/aromatic N) is 3. The van der Waals surface area contributed by atoms with Crippen molar-refractivity contribution in [2.75, 3.05) is 5.01 Å². The van der Waals surface area contributed by atoms with Crippen LogP contribution in [0.1, 0.15) is 28.2 Å². The van der Waals surface area contributed by atoms with Crippen LogP contribution in [0, 0.1) is 6.92 Å². The fourth-order valence-corrected chi connectivity index (χ4v) is 6.98. The Kier molecular flexibility index (Phi) is 6.95. The Bertz CT molecular complexity index is 2010. The quantitative estimate of drug-likeness (QED) is 0.203. The highest BCUT2D eigenvalue weighted by molar-refractivity contribution is 7.90. The number of para-hydroxylation sites is 1. The molecular weight excluding hydrogens is 566 g/mol. The summed E-state index contributed by atoms with van der Waals surface area (Å²) >= 11 is 0. The number of sulfonamides is 1. The van der Waals surface area contributed by atoms with Crippen molar-refractivity contribution < 1.29 is 13.2 Å². The summed E-state index contributed by atoms with van der Waals surface area (Å²) in [5.74, 6) is 0.0703.